The van der Waals surface area contributed by atoms with Crippen LogP contribution >= 0.6 is 11.8 Å². The number of nitrogens with one attached hydrogen (secondary N) is 1. The van der Waals surface area contributed by atoms with Gasteiger partial charge in [0.05, 0.1) is 0 Å². The lowest BCUT2D eigenvalue weighted by atomic mass is 10.1. The number of carbonyl (C=O) groups is 1. The summed E-state index contributed by atoms with van der Waals surface area (Å²) in [6.45, 7) is 2.83. The minimum atomic E-state index is 0.345. The van der Waals surface area contributed by atoms with Gasteiger partial charge in [0.25, 0.3) is 0 Å². The van der Waals surface area contributed by atoms with Gasteiger partial charge in [-0.2, -0.15) is 11.8 Å². The third kappa shape index (κ3) is 3.67. The monoisotopic (exact) mass is 242 g/mol. The van der Waals surface area contributed by atoms with E-state index in [1.54, 1.807) is 0 Å². The first kappa shape index (κ1) is 12.2. The van der Waals surface area contributed by atoms with Crippen molar-refractivity contribution < 1.29 is 4.79 Å². The maximum absolute atomic E-state index is 11.9. The summed E-state index contributed by atoms with van der Waals surface area (Å²) in [6, 6.07) is 0.652. The van der Waals surface area contributed by atoms with Crippen molar-refractivity contribution in [1.82, 2.24) is 10.2 Å². The minimum absolute atomic E-state index is 0.345. The second-order valence-electron chi connectivity index (χ2n) is 4.71. The third-order valence-corrected chi connectivity index (χ3v) is 4.57. The lowest BCUT2D eigenvalue weighted by Gasteiger charge is -2.27. The molecular weight excluding hydrogens is 220 g/mol. The molecule has 16 heavy (non-hydrogen) atoms. The van der Waals surface area contributed by atoms with Gasteiger partial charge in [0.15, 0.2) is 0 Å². The van der Waals surface area contributed by atoms with E-state index in [-0.39, 0.29) is 0 Å². The molecule has 2 aliphatic rings. The predicted molar refractivity (Wildman–Crippen MR) is 68.8 cm³/mol. The number of amides is 1. The Morgan fingerprint density at radius 1 is 1.31 bits per heavy atom. The molecule has 0 saturated carbocycles. The number of rotatable bonds is 4. The van der Waals surface area contributed by atoms with E-state index in [9.17, 15) is 4.79 Å². The standard InChI is InChI=1S/C12H22N2OS/c15-12(14-7-2-1-3-8-14)4-6-13-11-5-9-16-10-11/h11,13H,1-10H2. The molecule has 0 aromatic carbocycles. The van der Waals surface area contributed by atoms with E-state index >= 15 is 0 Å². The Hall–Kier alpha value is -0.220. The molecule has 0 radical (unpaired) electrons. The van der Waals surface area contributed by atoms with Crippen molar-refractivity contribution in [3.8, 4) is 0 Å². The number of nitrogens with zero attached hydrogens (tertiary/aromatic N) is 1. The molecule has 2 fully saturated rings. The van der Waals surface area contributed by atoms with Crippen LogP contribution in [0.25, 0.3) is 0 Å². The third-order valence-electron chi connectivity index (χ3n) is 3.41. The van der Waals surface area contributed by atoms with Gasteiger partial charge < -0.3 is 10.2 Å². The second kappa shape index (κ2) is 6.50. The van der Waals surface area contributed by atoms with E-state index in [0.717, 1.165) is 19.6 Å². The number of thioether (sulfide) groups is 1. The fourth-order valence-electron chi connectivity index (χ4n) is 2.38. The molecule has 2 saturated heterocycles. The molecule has 2 heterocycles. The van der Waals surface area contributed by atoms with Crippen LogP contribution in [0.15, 0.2) is 0 Å². The van der Waals surface area contributed by atoms with E-state index in [1.807, 2.05) is 16.7 Å². The summed E-state index contributed by atoms with van der Waals surface area (Å²) in [4.78, 5) is 13.9. The van der Waals surface area contributed by atoms with Crippen molar-refractivity contribution in [3.05, 3.63) is 0 Å². The summed E-state index contributed by atoms with van der Waals surface area (Å²) in [5, 5.41) is 3.48. The Balaban J connectivity index is 1.59. The average Bonchev–Trinajstić information content (AvgIpc) is 2.83. The highest BCUT2D eigenvalue weighted by molar-refractivity contribution is 7.99. The van der Waals surface area contributed by atoms with E-state index in [1.165, 1.54) is 37.2 Å². The molecule has 1 amide bonds. The van der Waals surface area contributed by atoms with Gasteiger partial charge >= 0.3 is 0 Å². The molecule has 1 atom stereocenters. The van der Waals surface area contributed by atoms with Crippen LogP contribution in [0.4, 0.5) is 0 Å². The van der Waals surface area contributed by atoms with E-state index < -0.39 is 0 Å². The molecular formula is C12H22N2OS. The predicted octanol–water partition coefficient (Wildman–Crippen LogP) is 1.48. The smallest absolute Gasteiger partial charge is 0.223 e. The molecule has 1 N–H and O–H groups in total. The van der Waals surface area contributed by atoms with Crippen molar-refractivity contribution in [3.63, 3.8) is 0 Å². The van der Waals surface area contributed by atoms with E-state index in [0.29, 0.717) is 18.4 Å². The Labute approximate surface area is 102 Å². The molecule has 2 rings (SSSR count). The Kier molecular flexibility index (Phi) is 4.97. The highest BCUT2D eigenvalue weighted by atomic mass is 32.2. The lowest BCUT2D eigenvalue weighted by Crippen LogP contribution is -2.38. The Morgan fingerprint density at radius 2 is 2.12 bits per heavy atom. The normalized spacial score (nSPS) is 26.0. The molecule has 0 spiro atoms. The number of hydrogen-bond donors (Lipinski definition) is 1. The first-order valence-corrected chi connectivity index (χ1v) is 7.60. The van der Waals surface area contributed by atoms with E-state index in [2.05, 4.69) is 5.32 Å². The molecule has 0 aliphatic carbocycles. The highest BCUT2D eigenvalue weighted by Gasteiger charge is 2.18. The first-order chi connectivity index (χ1) is 7.86. The van der Waals surface area contributed by atoms with Crippen molar-refractivity contribution in [2.45, 2.75) is 38.1 Å². The fourth-order valence-corrected chi connectivity index (χ4v) is 3.57. The van der Waals surface area contributed by atoms with Gasteiger partial charge in [-0.15, -0.1) is 0 Å². The largest absolute Gasteiger partial charge is 0.343 e. The zero-order valence-corrected chi connectivity index (χ0v) is 10.7. The summed E-state index contributed by atoms with van der Waals surface area (Å²) in [5.41, 5.74) is 0. The van der Waals surface area contributed by atoms with Gasteiger partial charge in [0.2, 0.25) is 5.91 Å². The quantitative estimate of drug-likeness (QED) is 0.810. The molecule has 1 unspecified atom stereocenters. The van der Waals surface area contributed by atoms with Gasteiger partial charge in [-0.3, -0.25) is 4.79 Å². The maximum atomic E-state index is 11.9. The van der Waals surface area contributed by atoms with Crippen molar-refractivity contribution in [2.75, 3.05) is 31.1 Å². The van der Waals surface area contributed by atoms with Crippen LogP contribution in [-0.2, 0) is 4.79 Å². The molecule has 0 aromatic heterocycles. The number of likely N-dealkylation sites (tertiary alicyclic amines) is 1. The fraction of sp³-hybridized carbons (Fsp3) is 0.917. The van der Waals surface area contributed by atoms with Crippen LogP contribution in [0.5, 0.6) is 0 Å². The van der Waals surface area contributed by atoms with Crippen LogP contribution in [0.3, 0.4) is 0 Å². The molecule has 0 bridgehead atoms. The van der Waals surface area contributed by atoms with Crippen LogP contribution in [0, 0.1) is 0 Å². The maximum Gasteiger partial charge on any atom is 0.223 e. The van der Waals surface area contributed by atoms with Crippen molar-refractivity contribution in [2.24, 2.45) is 0 Å². The van der Waals surface area contributed by atoms with Crippen molar-refractivity contribution >= 4 is 17.7 Å². The number of carbonyl (C=O) groups excluding carboxylic acids is 1. The topological polar surface area (TPSA) is 32.3 Å². The van der Waals surface area contributed by atoms with Gasteiger partial charge in [-0.05, 0) is 31.4 Å². The number of hydrogen-bond acceptors (Lipinski definition) is 3. The zero-order valence-electron chi connectivity index (χ0n) is 9.91. The summed E-state index contributed by atoms with van der Waals surface area (Å²) in [7, 11) is 0. The van der Waals surface area contributed by atoms with E-state index in [4.69, 9.17) is 0 Å². The van der Waals surface area contributed by atoms with Crippen molar-refractivity contribution in [1.29, 1.82) is 0 Å². The van der Waals surface area contributed by atoms with Crippen LogP contribution in [0.2, 0.25) is 0 Å². The van der Waals surface area contributed by atoms with Gasteiger partial charge in [0.1, 0.15) is 0 Å². The minimum Gasteiger partial charge on any atom is -0.343 e. The first-order valence-electron chi connectivity index (χ1n) is 6.45. The zero-order chi connectivity index (χ0) is 11.2. The van der Waals surface area contributed by atoms with Crippen LogP contribution < -0.4 is 5.32 Å². The van der Waals surface area contributed by atoms with Crippen LogP contribution in [0.1, 0.15) is 32.1 Å². The average molecular weight is 242 g/mol. The molecule has 4 heteroatoms. The Bertz CT molecular complexity index is 223. The molecule has 92 valence electrons. The summed E-state index contributed by atoms with van der Waals surface area (Å²) < 4.78 is 0. The molecule has 2 aliphatic heterocycles. The summed E-state index contributed by atoms with van der Waals surface area (Å²) >= 11 is 2.01. The summed E-state index contributed by atoms with van der Waals surface area (Å²) in [6.07, 6.45) is 5.63. The lowest BCUT2D eigenvalue weighted by molar-refractivity contribution is -0.131. The van der Waals surface area contributed by atoms with Gasteiger partial charge in [-0.25, -0.2) is 0 Å². The number of piperidine rings is 1. The highest BCUT2D eigenvalue weighted by Crippen LogP contribution is 2.17. The Morgan fingerprint density at radius 3 is 2.81 bits per heavy atom. The second-order valence-corrected chi connectivity index (χ2v) is 5.86. The van der Waals surface area contributed by atoms with Crippen LogP contribution in [-0.4, -0.2) is 48.0 Å². The molecule has 3 nitrogen and oxygen atoms in total. The molecule has 0 aromatic rings. The summed E-state index contributed by atoms with van der Waals surface area (Å²) in [5.74, 6) is 2.84. The van der Waals surface area contributed by atoms with Gasteiger partial charge in [0, 0.05) is 37.8 Å². The SMILES string of the molecule is O=C(CCNC1CCSC1)N1CCCCC1. The van der Waals surface area contributed by atoms with Gasteiger partial charge in [-0.1, -0.05) is 0 Å².